The van der Waals surface area contributed by atoms with Crippen molar-refractivity contribution in [2.75, 3.05) is 17.9 Å². The molecule has 0 saturated heterocycles. The molecule has 0 unspecified atom stereocenters. The molecule has 3 aromatic carbocycles. The lowest BCUT2D eigenvalue weighted by Gasteiger charge is -2.14. The maximum atomic E-state index is 13.0. The standard InChI is InChI=1S/C25H28N2O4S/c1-17-9-10-18(2)22(15-17)27-32(29,30)24-16-21(12-11-20(24)4)25(28)26-13-14-31-23-8-6-5-7-19(23)3/h5-12,15-16,27H,13-14H2,1-4H3,(H,26,28). The van der Waals surface area contributed by atoms with Crippen LogP contribution in [-0.4, -0.2) is 27.5 Å². The molecule has 0 saturated carbocycles. The summed E-state index contributed by atoms with van der Waals surface area (Å²) in [6, 6.07) is 17.9. The third-order valence-corrected chi connectivity index (χ3v) is 6.62. The van der Waals surface area contributed by atoms with Crippen LogP contribution in [-0.2, 0) is 10.0 Å². The number of anilines is 1. The Kier molecular flexibility index (Phi) is 7.20. The number of ether oxygens (including phenoxy) is 1. The molecule has 0 atom stereocenters. The molecule has 0 radical (unpaired) electrons. The monoisotopic (exact) mass is 452 g/mol. The molecule has 1 amide bonds. The van der Waals surface area contributed by atoms with Crippen LogP contribution in [0.2, 0.25) is 0 Å². The topological polar surface area (TPSA) is 84.5 Å². The first-order chi connectivity index (χ1) is 15.2. The molecular weight excluding hydrogens is 424 g/mol. The number of rotatable bonds is 8. The van der Waals surface area contributed by atoms with Crippen LogP contribution in [0.4, 0.5) is 5.69 Å². The second-order valence-electron chi connectivity index (χ2n) is 7.77. The fourth-order valence-corrected chi connectivity index (χ4v) is 4.62. The largest absolute Gasteiger partial charge is 0.491 e. The van der Waals surface area contributed by atoms with E-state index < -0.39 is 10.0 Å². The average molecular weight is 453 g/mol. The van der Waals surface area contributed by atoms with Gasteiger partial charge in [-0.15, -0.1) is 0 Å². The van der Waals surface area contributed by atoms with E-state index in [1.54, 1.807) is 25.1 Å². The molecule has 6 nitrogen and oxygen atoms in total. The summed E-state index contributed by atoms with van der Waals surface area (Å²) in [5.74, 6) is 0.407. The zero-order valence-corrected chi connectivity index (χ0v) is 19.5. The second-order valence-corrected chi connectivity index (χ2v) is 9.42. The van der Waals surface area contributed by atoms with Crippen molar-refractivity contribution in [3.63, 3.8) is 0 Å². The zero-order valence-electron chi connectivity index (χ0n) is 18.7. The summed E-state index contributed by atoms with van der Waals surface area (Å²) in [5, 5.41) is 2.77. The van der Waals surface area contributed by atoms with Crippen LogP contribution in [0.25, 0.3) is 0 Å². The van der Waals surface area contributed by atoms with Crippen molar-refractivity contribution in [1.29, 1.82) is 0 Å². The summed E-state index contributed by atoms with van der Waals surface area (Å²) in [7, 11) is -3.86. The number of hydrogen-bond acceptors (Lipinski definition) is 4. The summed E-state index contributed by atoms with van der Waals surface area (Å²) in [6.45, 7) is 8.00. The van der Waals surface area contributed by atoms with Gasteiger partial charge in [0.05, 0.1) is 17.1 Å². The highest BCUT2D eigenvalue weighted by molar-refractivity contribution is 7.92. The Hall–Kier alpha value is -3.32. The Bertz CT molecular complexity index is 1240. The molecule has 3 rings (SSSR count). The zero-order chi connectivity index (χ0) is 23.3. The lowest BCUT2D eigenvalue weighted by atomic mass is 10.1. The number of sulfonamides is 1. The Morgan fingerprint density at radius 1 is 0.875 bits per heavy atom. The number of hydrogen-bond donors (Lipinski definition) is 2. The van der Waals surface area contributed by atoms with E-state index in [1.165, 1.54) is 6.07 Å². The van der Waals surface area contributed by atoms with E-state index in [-0.39, 0.29) is 16.4 Å². The maximum absolute atomic E-state index is 13.0. The van der Waals surface area contributed by atoms with Crippen molar-refractivity contribution in [2.45, 2.75) is 32.6 Å². The minimum absolute atomic E-state index is 0.0715. The summed E-state index contributed by atoms with van der Waals surface area (Å²) in [5.41, 5.74) is 4.14. The van der Waals surface area contributed by atoms with Gasteiger partial charge in [0.15, 0.2) is 0 Å². The normalized spacial score (nSPS) is 11.1. The quantitative estimate of drug-likeness (QED) is 0.492. The molecule has 0 aliphatic heterocycles. The van der Waals surface area contributed by atoms with Crippen LogP contribution in [0, 0.1) is 27.7 Å². The van der Waals surface area contributed by atoms with Crippen LogP contribution in [0.1, 0.15) is 32.6 Å². The molecule has 0 spiro atoms. The predicted octanol–water partition coefficient (Wildman–Crippen LogP) is 4.53. The van der Waals surface area contributed by atoms with E-state index in [9.17, 15) is 13.2 Å². The average Bonchev–Trinajstić information content (AvgIpc) is 2.75. The van der Waals surface area contributed by atoms with Gasteiger partial charge in [-0.1, -0.05) is 36.4 Å². The van der Waals surface area contributed by atoms with E-state index in [4.69, 9.17) is 4.74 Å². The van der Waals surface area contributed by atoms with Gasteiger partial charge in [-0.25, -0.2) is 8.42 Å². The van der Waals surface area contributed by atoms with Crippen LogP contribution in [0.5, 0.6) is 5.75 Å². The van der Waals surface area contributed by atoms with Gasteiger partial charge in [-0.05, 0) is 74.2 Å². The number of carbonyl (C=O) groups excluding carboxylic acids is 1. The van der Waals surface area contributed by atoms with E-state index in [0.717, 1.165) is 22.4 Å². The molecule has 2 N–H and O–H groups in total. The van der Waals surface area contributed by atoms with Crippen molar-refractivity contribution in [3.8, 4) is 5.75 Å². The number of benzene rings is 3. The SMILES string of the molecule is Cc1ccc(C)c(NS(=O)(=O)c2cc(C(=O)NCCOc3ccccc3C)ccc2C)c1. The number of nitrogens with one attached hydrogen (secondary N) is 2. The minimum atomic E-state index is -3.86. The molecule has 32 heavy (non-hydrogen) atoms. The van der Waals surface area contributed by atoms with Crippen LogP contribution in [0.3, 0.4) is 0 Å². The second kappa shape index (κ2) is 9.87. The molecule has 7 heteroatoms. The summed E-state index contributed by atoms with van der Waals surface area (Å²) in [4.78, 5) is 12.7. The molecule has 0 aromatic heterocycles. The highest BCUT2D eigenvalue weighted by Gasteiger charge is 2.20. The van der Waals surface area contributed by atoms with Gasteiger partial charge in [0.1, 0.15) is 12.4 Å². The predicted molar refractivity (Wildman–Crippen MR) is 127 cm³/mol. The Morgan fingerprint density at radius 2 is 1.59 bits per heavy atom. The molecule has 0 aliphatic rings. The smallest absolute Gasteiger partial charge is 0.262 e. The van der Waals surface area contributed by atoms with Crippen molar-refractivity contribution in [1.82, 2.24) is 5.32 Å². The molecule has 168 valence electrons. The van der Waals surface area contributed by atoms with Gasteiger partial charge in [0.25, 0.3) is 15.9 Å². The number of para-hydroxylation sites is 1. The van der Waals surface area contributed by atoms with Gasteiger partial charge in [0.2, 0.25) is 0 Å². The van der Waals surface area contributed by atoms with Crippen molar-refractivity contribution >= 4 is 21.6 Å². The van der Waals surface area contributed by atoms with E-state index >= 15 is 0 Å². The lowest BCUT2D eigenvalue weighted by Crippen LogP contribution is -2.28. The third kappa shape index (κ3) is 5.68. The Balaban J connectivity index is 1.69. The fourth-order valence-electron chi connectivity index (χ4n) is 3.22. The van der Waals surface area contributed by atoms with Gasteiger partial charge < -0.3 is 10.1 Å². The maximum Gasteiger partial charge on any atom is 0.262 e. The van der Waals surface area contributed by atoms with Crippen molar-refractivity contribution in [3.05, 3.63) is 88.5 Å². The molecule has 0 fully saturated rings. The van der Waals surface area contributed by atoms with Crippen LogP contribution in [0.15, 0.2) is 65.6 Å². The van der Waals surface area contributed by atoms with Crippen molar-refractivity contribution in [2.24, 2.45) is 0 Å². The summed E-state index contributed by atoms with van der Waals surface area (Å²) < 4.78 is 34.4. The first kappa shape index (κ1) is 23.3. The molecule has 0 bridgehead atoms. The van der Waals surface area contributed by atoms with Gasteiger partial charge in [-0.3, -0.25) is 9.52 Å². The Morgan fingerprint density at radius 3 is 2.34 bits per heavy atom. The molecule has 0 aliphatic carbocycles. The van der Waals surface area contributed by atoms with Gasteiger partial charge >= 0.3 is 0 Å². The Labute approximate surface area is 189 Å². The first-order valence-electron chi connectivity index (χ1n) is 10.3. The number of aryl methyl sites for hydroxylation is 4. The fraction of sp³-hybridized carbons (Fsp3) is 0.240. The first-order valence-corrected chi connectivity index (χ1v) is 11.8. The minimum Gasteiger partial charge on any atom is -0.491 e. The summed E-state index contributed by atoms with van der Waals surface area (Å²) >= 11 is 0. The van der Waals surface area contributed by atoms with Crippen LogP contribution >= 0.6 is 0 Å². The van der Waals surface area contributed by atoms with E-state index in [0.29, 0.717) is 24.4 Å². The number of carbonyl (C=O) groups is 1. The van der Waals surface area contributed by atoms with Crippen LogP contribution < -0.4 is 14.8 Å². The summed E-state index contributed by atoms with van der Waals surface area (Å²) in [6.07, 6.45) is 0. The molecular formula is C25H28N2O4S. The lowest BCUT2D eigenvalue weighted by molar-refractivity contribution is 0.0946. The van der Waals surface area contributed by atoms with E-state index in [2.05, 4.69) is 10.0 Å². The van der Waals surface area contributed by atoms with Gasteiger partial charge in [0, 0.05) is 5.56 Å². The van der Waals surface area contributed by atoms with Gasteiger partial charge in [-0.2, -0.15) is 0 Å². The molecule has 0 heterocycles. The number of amides is 1. The third-order valence-electron chi connectivity index (χ3n) is 5.12. The highest BCUT2D eigenvalue weighted by atomic mass is 32.2. The van der Waals surface area contributed by atoms with Crippen molar-refractivity contribution < 1.29 is 17.9 Å². The molecule has 3 aromatic rings. The van der Waals surface area contributed by atoms with E-state index in [1.807, 2.05) is 57.2 Å². The highest BCUT2D eigenvalue weighted by Crippen LogP contribution is 2.24.